The number of benzene rings is 1. The Hall–Kier alpha value is -2.67. The van der Waals surface area contributed by atoms with Crippen LogP contribution in [0.1, 0.15) is 47.0 Å². The summed E-state index contributed by atoms with van der Waals surface area (Å²) < 4.78 is 5.37. The van der Waals surface area contributed by atoms with Crippen LogP contribution in [0.2, 0.25) is 0 Å². The molecule has 7 heteroatoms. The SMILES string of the molecule is C[C@@H]1CC(=O)Nc2ccccc2N1C(=O)COC(=O)c1csc2c1CCCC2. The van der Waals surface area contributed by atoms with Gasteiger partial charge >= 0.3 is 5.97 Å². The largest absolute Gasteiger partial charge is 0.452 e. The lowest BCUT2D eigenvalue weighted by Crippen LogP contribution is -2.41. The molecule has 1 aliphatic carbocycles. The highest BCUT2D eigenvalue weighted by Gasteiger charge is 2.30. The lowest BCUT2D eigenvalue weighted by molar-refractivity contribution is -0.122. The van der Waals surface area contributed by atoms with Gasteiger partial charge in [0, 0.05) is 22.7 Å². The third kappa shape index (κ3) is 3.54. The van der Waals surface area contributed by atoms with E-state index in [9.17, 15) is 14.4 Å². The number of hydrogen-bond donors (Lipinski definition) is 1. The molecule has 0 bridgehead atoms. The number of thiophene rings is 1. The predicted octanol–water partition coefficient (Wildman–Crippen LogP) is 3.55. The smallest absolute Gasteiger partial charge is 0.339 e. The average Bonchev–Trinajstić information content (AvgIpc) is 3.06. The van der Waals surface area contributed by atoms with Crippen LogP contribution < -0.4 is 10.2 Å². The molecule has 0 unspecified atom stereocenters. The number of amides is 2. The van der Waals surface area contributed by atoms with Crippen LogP contribution >= 0.6 is 11.3 Å². The number of rotatable bonds is 3. The maximum Gasteiger partial charge on any atom is 0.339 e. The molecule has 1 aromatic heterocycles. The quantitative estimate of drug-likeness (QED) is 0.803. The maximum atomic E-state index is 12.9. The highest BCUT2D eigenvalue weighted by Crippen LogP contribution is 2.32. The first-order valence-electron chi connectivity index (χ1n) is 9.52. The number of fused-ring (bicyclic) bond motifs is 2. The summed E-state index contributed by atoms with van der Waals surface area (Å²) in [5.74, 6) is -0.927. The molecular formula is C21H22N2O4S. The fourth-order valence-electron chi connectivity index (χ4n) is 3.91. The summed E-state index contributed by atoms with van der Waals surface area (Å²) in [7, 11) is 0. The van der Waals surface area contributed by atoms with Gasteiger partial charge in [0.25, 0.3) is 5.91 Å². The summed E-state index contributed by atoms with van der Waals surface area (Å²) in [5.41, 5.74) is 2.88. The molecule has 0 spiro atoms. The fourth-order valence-corrected chi connectivity index (χ4v) is 5.02. The second kappa shape index (κ2) is 7.75. The molecule has 28 heavy (non-hydrogen) atoms. The van der Waals surface area contributed by atoms with Gasteiger partial charge in [-0.2, -0.15) is 0 Å². The summed E-state index contributed by atoms with van der Waals surface area (Å²) in [6.45, 7) is 1.47. The van der Waals surface area contributed by atoms with E-state index in [4.69, 9.17) is 4.74 Å². The minimum Gasteiger partial charge on any atom is -0.452 e. The van der Waals surface area contributed by atoms with E-state index < -0.39 is 5.97 Å². The Labute approximate surface area is 167 Å². The number of aryl methyl sites for hydroxylation is 1. The van der Waals surface area contributed by atoms with Crippen molar-refractivity contribution in [3.05, 3.63) is 45.6 Å². The van der Waals surface area contributed by atoms with Crippen LogP contribution in [0.3, 0.4) is 0 Å². The van der Waals surface area contributed by atoms with Gasteiger partial charge in [0.15, 0.2) is 6.61 Å². The minimum absolute atomic E-state index is 0.142. The number of nitrogens with zero attached hydrogens (tertiary/aromatic N) is 1. The standard InChI is InChI=1S/C21H22N2O4S/c1-13-10-19(24)22-16-7-3-4-8-17(16)23(13)20(25)11-27-21(26)15-12-28-18-9-5-2-6-14(15)18/h3-4,7-8,12-13H,2,5-6,9-11H2,1H3,(H,22,24)/t13-/m1/s1. The predicted molar refractivity (Wildman–Crippen MR) is 108 cm³/mol. The monoisotopic (exact) mass is 398 g/mol. The molecule has 0 saturated heterocycles. The summed E-state index contributed by atoms with van der Waals surface area (Å²) in [5, 5.41) is 4.66. The van der Waals surface area contributed by atoms with E-state index in [0.717, 1.165) is 31.2 Å². The first-order chi connectivity index (χ1) is 13.5. The Morgan fingerprint density at radius 3 is 2.89 bits per heavy atom. The van der Waals surface area contributed by atoms with Gasteiger partial charge in [0.2, 0.25) is 5.91 Å². The number of para-hydroxylation sites is 2. The number of carbonyl (C=O) groups excluding carboxylic acids is 3. The zero-order chi connectivity index (χ0) is 19.7. The lowest BCUT2D eigenvalue weighted by atomic mass is 9.96. The van der Waals surface area contributed by atoms with Gasteiger partial charge in [-0.1, -0.05) is 12.1 Å². The van der Waals surface area contributed by atoms with E-state index >= 15 is 0 Å². The van der Waals surface area contributed by atoms with Crippen molar-refractivity contribution in [1.29, 1.82) is 0 Å². The van der Waals surface area contributed by atoms with Crippen molar-refractivity contribution in [2.45, 2.75) is 45.1 Å². The summed E-state index contributed by atoms with van der Waals surface area (Å²) in [4.78, 5) is 40.3. The first-order valence-corrected chi connectivity index (χ1v) is 10.4. The van der Waals surface area contributed by atoms with Crippen molar-refractivity contribution in [3.8, 4) is 0 Å². The van der Waals surface area contributed by atoms with E-state index in [1.807, 2.05) is 18.4 Å². The van der Waals surface area contributed by atoms with E-state index in [0.29, 0.717) is 16.9 Å². The van der Waals surface area contributed by atoms with Crippen LogP contribution in [0.5, 0.6) is 0 Å². The van der Waals surface area contributed by atoms with Crippen molar-refractivity contribution >= 4 is 40.5 Å². The second-order valence-corrected chi connectivity index (χ2v) is 8.18. The van der Waals surface area contributed by atoms with Gasteiger partial charge in [-0.3, -0.25) is 9.59 Å². The summed E-state index contributed by atoms with van der Waals surface area (Å²) >= 11 is 1.59. The number of anilines is 2. The van der Waals surface area contributed by atoms with Crippen LogP contribution in [-0.4, -0.2) is 30.4 Å². The number of hydrogen-bond acceptors (Lipinski definition) is 5. The van der Waals surface area contributed by atoms with Crippen molar-refractivity contribution in [2.24, 2.45) is 0 Å². The van der Waals surface area contributed by atoms with Crippen LogP contribution in [0.25, 0.3) is 0 Å². The third-order valence-electron chi connectivity index (χ3n) is 5.24. The second-order valence-electron chi connectivity index (χ2n) is 7.22. The molecular weight excluding hydrogens is 376 g/mol. The highest BCUT2D eigenvalue weighted by atomic mass is 32.1. The minimum atomic E-state index is -0.447. The van der Waals surface area contributed by atoms with E-state index in [1.54, 1.807) is 34.4 Å². The molecule has 1 aromatic carbocycles. The molecule has 0 saturated carbocycles. The molecule has 2 amide bonds. The van der Waals surface area contributed by atoms with Gasteiger partial charge in [-0.05, 0) is 50.3 Å². The first kappa shape index (κ1) is 18.7. The van der Waals surface area contributed by atoms with E-state index in [1.165, 1.54) is 4.88 Å². The van der Waals surface area contributed by atoms with E-state index in [2.05, 4.69) is 5.32 Å². The number of ether oxygens (including phenoxy) is 1. The molecule has 6 nitrogen and oxygen atoms in total. The average molecular weight is 398 g/mol. The summed E-state index contributed by atoms with van der Waals surface area (Å²) in [6, 6.07) is 6.83. The Kier molecular flexibility index (Phi) is 5.17. The van der Waals surface area contributed by atoms with Crippen molar-refractivity contribution in [3.63, 3.8) is 0 Å². The molecule has 2 aliphatic rings. The molecule has 2 aromatic rings. The molecule has 146 valence electrons. The molecule has 1 aliphatic heterocycles. The lowest BCUT2D eigenvalue weighted by Gasteiger charge is -2.27. The van der Waals surface area contributed by atoms with Crippen molar-refractivity contribution in [1.82, 2.24) is 0 Å². The zero-order valence-electron chi connectivity index (χ0n) is 15.7. The van der Waals surface area contributed by atoms with Crippen molar-refractivity contribution < 1.29 is 19.1 Å². The van der Waals surface area contributed by atoms with Gasteiger partial charge < -0.3 is 15.0 Å². The number of esters is 1. The summed E-state index contributed by atoms with van der Waals surface area (Å²) in [6.07, 6.45) is 4.31. The maximum absolute atomic E-state index is 12.9. The topological polar surface area (TPSA) is 75.7 Å². The molecule has 1 N–H and O–H groups in total. The van der Waals surface area contributed by atoms with Gasteiger partial charge in [-0.25, -0.2) is 4.79 Å². The molecule has 0 radical (unpaired) electrons. The molecule has 2 heterocycles. The highest BCUT2D eigenvalue weighted by molar-refractivity contribution is 7.10. The van der Waals surface area contributed by atoms with Crippen LogP contribution in [0.4, 0.5) is 11.4 Å². The fraction of sp³-hybridized carbons (Fsp3) is 0.381. The zero-order valence-corrected chi connectivity index (χ0v) is 16.5. The van der Waals surface area contributed by atoms with Gasteiger partial charge in [-0.15, -0.1) is 11.3 Å². The Morgan fingerprint density at radius 1 is 1.25 bits per heavy atom. The van der Waals surface area contributed by atoms with Gasteiger partial charge in [0.05, 0.1) is 16.9 Å². The van der Waals surface area contributed by atoms with Crippen LogP contribution in [0.15, 0.2) is 29.6 Å². The van der Waals surface area contributed by atoms with E-state index in [-0.39, 0.29) is 30.9 Å². The Morgan fingerprint density at radius 2 is 2.04 bits per heavy atom. The number of nitrogens with one attached hydrogen (secondary N) is 1. The molecule has 0 fully saturated rings. The van der Waals surface area contributed by atoms with Crippen molar-refractivity contribution in [2.75, 3.05) is 16.8 Å². The molecule has 1 atom stereocenters. The Balaban J connectivity index is 1.49. The van der Waals surface area contributed by atoms with Gasteiger partial charge in [0.1, 0.15) is 0 Å². The van der Waals surface area contributed by atoms with Crippen LogP contribution in [0, 0.1) is 0 Å². The number of carbonyl (C=O) groups is 3. The third-order valence-corrected chi connectivity index (χ3v) is 6.32. The molecule has 4 rings (SSSR count). The van der Waals surface area contributed by atoms with Crippen LogP contribution in [-0.2, 0) is 27.2 Å². The normalized spacial score (nSPS) is 18.5. The Bertz CT molecular complexity index is 936.